The summed E-state index contributed by atoms with van der Waals surface area (Å²) in [6, 6.07) is 15.5. The van der Waals surface area contributed by atoms with Gasteiger partial charge in [0.25, 0.3) is 0 Å². The second kappa shape index (κ2) is 41.4. The molecule has 4 aromatic carbocycles. The molecule has 24 nitrogen and oxygen atoms in total. The van der Waals surface area contributed by atoms with Crippen molar-refractivity contribution in [2.24, 2.45) is 0 Å². The molecule has 44 heteroatoms. The molecule has 0 aliphatic heterocycles. The van der Waals surface area contributed by atoms with Gasteiger partial charge in [-0.05, 0) is 186 Å². The Labute approximate surface area is 828 Å². The van der Waals surface area contributed by atoms with E-state index in [0.29, 0.717) is 132 Å². The molecule has 736 valence electrons. The van der Waals surface area contributed by atoms with Gasteiger partial charge in [0.2, 0.25) is 0 Å². The van der Waals surface area contributed by atoms with Crippen molar-refractivity contribution in [2.45, 2.75) is 184 Å². The molecule has 16 rings (SSSR count). The van der Waals surface area contributed by atoms with E-state index in [4.69, 9.17) is 88.3 Å². The molecule has 0 bridgehead atoms. The summed E-state index contributed by atoms with van der Waals surface area (Å²) in [6.45, 7) is 28.9. The monoisotopic (exact) mass is 2150 g/mol. The molecule has 140 heavy (non-hydrogen) atoms. The van der Waals surface area contributed by atoms with Gasteiger partial charge in [-0.15, -0.1) is 0 Å². The number of aryl methyl sites for hydroxylation is 2. The van der Waals surface area contributed by atoms with E-state index in [2.05, 4.69) is 91.7 Å². The van der Waals surface area contributed by atoms with Gasteiger partial charge in [0.15, 0.2) is 33.6 Å². The Bertz CT molecular complexity index is 6470. The van der Waals surface area contributed by atoms with Crippen molar-refractivity contribution in [1.82, 2.24) is 77.4 Å². The lowest BCUT2D eigenvalue weighted by Crippen LogP contribution is -2.13. The fraction of sp³-hybridized carbons (Fsp3) is 0.292. The van der Waals surface area contributed by atoms with Crippen LogP contribution in [0.15, 0.2) is 156 Å². The molecule has 0 fully saturated rings. The lowest BCUT2D eigenvalue weighted by molar-refractivity contribution is -0.141. The first kappa shape index (κ1) is 105. The molecule has 0 amide bonds. The summed E-state index contributed by atoms with van der Waals surface area (Å²) in [5, 5.41) is 1.21. The third kappa shape index (κ3) is 21.7. The first-order chi connectivity index (χ1) is 65.6. The SMILES string of the molecule is Cc1c(Cl)cc([C@@H](C)c2nc(Br)c3c(N)nccn23)c(OC(C)C)c1-c1ccc(C(F)(F)F)nc1.Cc1c(Cl)cc([C@H](C)c2nc(Br)c3c(N)nccn23)c(OC(C)C)c1-c1ccc(C(F)(F)F)nc1.Cc1cc([C@@H](C)c2nc(Cl)c3c(N)nccn23)c(OC(C)C)c(-c2ccc(C(F)(F)F)nc2)c1F.Cc1cc([C@H](C)c2nc(Cl)c3c(N)nccn23)c(OC(C)C)c(-c2ccc(C(F)(F)F)nc2)c1F. The van der Waals surface area contributed by atoms with Crippen LogP contribution in [-0.2, 0) is 24.7 Å². The molecule has 0 spiro atoms. The summed E-state index contributed by atoms with van der Waals surface area (Å²) in [5.74, 6) is 1.95. The number of hydrogen-bond donors (Lipinski definition) is 4. The van der Waals surface area contributed by atoms with E-state index < -0.39 is 71.0 Å². The van der Waals surface area contributed by atoms with E-state index in [-0.39, 0.29) is 103 Å². The van der Waals surface area contributed by atoms with Crippen LogP contribution >= 0.6 is 78.3 Å². The van der Waals surface area contributed by atoms with E-state index in [1.54, 1.807) is 126 Å². The van der Waals surface area contributed by atoms with Gasteiger partial charge in [0.1, 0.15) is 112 Å². The molecule has 0 saturated heterocycles. The van der Waals surface area contributed by atoms with Crippen LogP contribution in [0, 0.1) is 39.3 Å². The predicted octanol–water partition coefficient (Wildman–Crippen LogP) is 27.0. The minimum Gasteiger partial charge on any atom is -0.490 e. The van der Waals surface area contributed by atoms with E-state index in [1.807, 2.05) is 64.2 Å². The number of benzene rings is 4. The summed E-state index contributed by atoms with van der Waals surface area (Å²) < 4.78 is 221. The van der Waals surface area contributed by atoms with Crippen LogP contribution in [0.4, 0.5) is 84.7 Å². The van der Waals surface area contributed by atoms with Crippen LogP contribution in [0.1, 0.15) is 197 Å². The lowest BCUT2D eigenvalue weighted by Gasteiger charge is -2.24. The number of aromatic nitrogens is 16. The lowest BCUT2D eigenvalue weighted by atomic mass is 9.91. The van der Waals surface area contributed by atoms with Gasteiger partial charge in [0, 0.05) is 164 Å². The molecule has 0 saturated carbocycles. The highest BCUT2D eigenvalue weighted by Crippen LogP contribution is 2.52. The molecule has 8 N–H and O–H groups in total. The highest BCUT2D eigenvalue weighted by atomic mass is 79.9. The maximum absolute atomic E-state index is 15.5. The van der Waals surface area contributed by atoms with Crippen molar-refractivity contribution in [3.63, 3.8) is 0 Å². The van der Waals surface area contributed by atoms with Crippen LogP contribution in [0.3, 0.4) is 0 Å². The van der Waals surface area contributed by atoms with Crippen LogP contribution in [0.25, 0.3) is 66.6 Å². The highest BCUT2D eigenvalue weighted by Gasteiger charge is 2.39. The van der Waals surface area contributed by atoms with Crippen molar-refractivity contribution in [2.75, 3.05) is 22.9 Å². The van der Waals surface area contributed by atoms with Gasteiger partial charge in [-0.1, -0.05) is 98.4 Å². The van der Waals surface area contributed by atoms with Crippen molar-refractivity contribution in [3.8, 4) is 67.5 Å². The van der Waals surface area contributed by atoms with Gasteiger partial charge < -0.3 is 41.9 Å². The van der Waals surface area contributed by atoms with Gasteiger partial charge in [-0.2, -0.15) is 52.7 Å². The Balaban J connectivity index is 0.000000157. The van der Waals surface area contributed by atoms with Gasteiger partial charge in [-0.25, -0.2) is 48.7 Å². The topological polar surface area (TPSA) is 313 Å². The average Bonchev–Trinajstić information content (AvgIpc) is 1.64. The van der Waals surface area contributed by atoms with Gasteiger partial charge in [-0.3, -0.25) is 37.5 Å². The maximum Gasteiger partial charge on any atom is 0.433 e. The van der Waals surface area contributed by atoms with Crippen molar-refractivity contribution in [3.05, 3.63) is 279 Å². The zero-order valence-corrected chi connectivity index (χ0v) is 83.3. The van der Waals surface area contributed by atoms with Crippen molar-refractivity contribution < 1.29 is 80.4 Å². The van der Waals surface area contributed by atoms with Crippen molar-refractivity contribution >= 4 is 124 Å². The Hall–Kier alpha value is -12.5. The highest BCUT2D eigenvalue weighted by molar-refractivity contribution is 9.10. The quantitative estimate of drug-likeness (QED) is 0.0515. The molecule has 12 heterocycles. The third-order valence-electron chi connectivity index (χ3n) is 22.3. The minimum absolute atomic E-state index is 0.0231. The number of hydrogen-bond acceptors (Lipinski definition) is 20. The Morgan fingerprint density at radius 2 is 0.550 bits per heavy atom. The number of nitrogens with two attached hydrogens (primary N) is 4. The number of alkyl halides is 12. The minimum atomic E-state index is -4.61. The van der Waals surface area contributed by atoms with Crippen LogP contribution in [-0.4, -0.2) is 102 Å². The number of anilines is 4. The summed E-state index contributed by atoms with van der Waals surface area (Å²) in [7, 11) is 0. The fourth-order valence-electron chi connectivity index (χ4n) is 15.8. The van der Waals surface area contributed by atoms with Crippen LogP contribution < -0.4 is 41.9 Å². The second-order valence-electron chi connectivity index (χ2n) is 33.6. The molecule has 0 aliphatic rings. The summed E-state index contributed by atoms with van der Waals surface area (Å²) in [5.41, 5.74) is 29.1. The number of nitrogen functional groups attached to an aromatic ring is 4. The number of halogens is 20. The number of ether oxygens (including phenoxy) is 4. The zero-order chi connectivity index (χ0) is 103. The van der Waals surface area contributed by atoms with Gasteiger partial charge in [0.05, 0.1) is 35.5 Å². The Morgan fingerprint density at radius 3 is 0.793 bits per heavy atom. The molecule has 0 radical (unpaired) electrons. The van der Waals surface area contributed by atoms with Crippen molar-refractivity contribution in [1.29, 1.82) is 0 Å². The molecule has 12 aromatic heterocycles. The maximum atomic E-state index is 15.5. The van der Waals surface area contributed by atoms with E-state index in [1.165, 1.54) is 49.1 Å². The largest absolute Gasteiger partial charge is 0.490 e. The zero-order valence-electron chi connectivity index (χ0n) is 77.1. The number of pyridine rings is 4. The molecule has 0 aliphatic carbocycles. The summed E-state index contributed by atoms with van der Waals surface area (Å²) in [4.78, 5) is 48.9. The number of nitrogens with zero attached hydrogens (tertiary/aromatic N) is 16. The number of rotatable bonds is 20. The number of imidazole rings is 4. The standard InChI is InChI=1S/2C24H22BrClF3N5O.2C24H22ClF4N5O/c2*1-11(2)35-20-15(12(3)23-33-21(25)19-22(30)31-7-8-34(19)23)9-16(26)13(4)18(20)14-5-6-17(32-10-14)24(27,28)29;2*1-11(2)35-20-15(13(4)23-33-21(25)19-22(30)31-7-8-34(19)23)9-12(3)18(26)17(20)14-5-6-16(32-10-14)24(27,28)29/h2*5-12H,1-4H3,(H2,30,31);2*5-11,13H,1-4H3,(H2,30,31)/t2*12-;2*13-/m1010/s1. The second-order valence-corrected chi connectivity index (χ2v) is 36.6. The van der Waals surface area contributed by atoms with E-state index in [0.717, 1.165) is 47.8 Å². The molecular weight excluding hydrogens is 2060 g/mol. The van der Waals surface area contributed by atoms with E-state index >= 15 is 8.78 Å². The summed E-state index contributed by atoms with van der Waals surface area (Å²) in [6.07, 6.45) is -2.04. The third-order valence-corrected chi connectivity index (χ3v) is 24.8. The van der Waals surface area contributed by atoms with Gasteiger partial charge >= 0.3 is 24.7 Å². The van der Waals surface area contributed by atoms with Crippen LogP contribution in [0.2, 0.25) is 20.4 Å². The molecular formula is C96H88Br2Cl4F14N20O4. The molecule has 0 unspecified atom stereocenters. The summed E-state index contributed by atoms with van der Waals surface area (Å²) >= 11 is 32.9. The van der Waals surface area contributed by atoms with Crippen LogP contribution in [0.5, 0.6) is 23.0 Å². The first-order valence-corrected chi connectivity index (χ1v) is 45.9. The fourth-order valence-corrected chi connectivity index (χ4v) is 18.0. The molecule has 16 aromatic rings. The number of fused-ring (bicyclic) bond motifs is 4. The van der Waals surface area contributed by atoms with E-state index in [9.17, 15) is 52.7 Å². The average molecular weight is 2150 g/mol. The predicted molar refractivity (Wildman–Crippen MR) is 516 cm³/mol. The Morgan fingerprint density at radius 1 is 0.321 bits per heavy atom. The first-order valence-electron chi connectivity index (χ1n) is 42.8. The molecule has 4 atom stereocenters. The smallest absolute Gasteiger partial charge is 0.433 e. The Kier molecular flexibility index (Phi) is 31.0. The normalized spacial score (nSPS) is 13.0.